The maximum atomic E-state index is 12.2. The fraction of sp³-hybridized carbons (Fsp3) is 0.333. The summed E-state index contributed by atoms with van der Waals surface area (Å²) in [6, 6.07) is 11.9. The van der Waals surface area contributed by atoms with E-state index in [0.717, 1.165) is 5.56 Å². The molecule has 0 aliphatic rings. The van der Waals surface area contributed by atoms with Crippen molar-refractivity contribution in [1.29, 1.82) is 0 Å². The molecule has 0 fully saturated rings. The van der Waals surface area contributed by atoms with E-state index in [4.69, 9.17) is 14.2 Å². The fourth-order valence-electron chi connectivity index (χ4n) is 2.52. The van der Waals surface area contributed by atoms with Gasteiger partial charge in [-0.2, -0.15) is 0 Å². The second-order valence-corrected chi connectivity index (χ2v) is 6.50. The highest BCUT2D eigenvalue weighted by Crippen LogP contribution is 2.28. The number of anilines is 1. The van der Waals surface area contributed by atoms with Crippen molar-refractivity contribution >= 4 is 17.7 Å². The Hall–Kier alpha value is -3.22. The SMILES string of the molecule is COc1ccc(CC(=O)Oc2ccc(N(C)C(=O)NC(C)C)cc2)cc1OC. The van der Waals surface area contributed by atoms with Gasteiger partial charge in [0.1, 0.15) is 5.75 Å². The fourth-order valence-corrected chi connectivity index (χ4v) is 2.52. The molecule has 0 heterocycles. The van der Waals surface area contributed by atoms with Gasteiger partial charge >= 0.3 is 12.0 Å². The number of nitrogens with zero attached hydrogens (tertiary/aromatic N) is 1. The van der Waals surface area contributed by atoms with Crippen molar-refractivity contribution in [3.8, 4) is 17.2 Å². The number of carbonyl (C=O) groups is 2. The zero-order chi connectivity index (χ0) is 20.7. The van der Waals surface area contributed by atoms with Crippen LogP contribution in [0.1, 0.15) is 19.4 Å². The number of methoxy groups -OCH3 is 2. The Bertz CT molecular complexity index is 818. The molecule has 2 aromatic rings. The summed E-state index contributed by atoms with van der Waals surface area (Å²) in [5.41, 5.74) is 1.45. The van der Waals surface area contributed by atoms with E-state index < -0.39 is 5.97 Å². The van der Waals surface area contributed by atoms with Gasteiger partial charge in [0.05, 0.1) is 20.6 Å². The van der Waals surface area contributed by atoms with E-state index >= 15 is 0 Å². The number of hydrogen-bond acceptors (Lipinski definition) is 5. The first-order chi connectivity index (χ1) is 13.3. The van der Waals surface area contributed by atoms with Gasteiger partial charge in [-0.1, -0.05) is 6.07 Å². The van der Waals surface area contributed by atoms with Gasteiger partial charge < -0.3 is 19.5 Å². The Morgan fingerprint density at radius 1 is 1.00 bits per heavy atom. The molecule has 0 atom stereocenters. The first-order valence-electron chi connectivity index (χ1n) is 8.90. The molecule has 28 heavy (non-hydrogen) atoms. The Morgan fingerprint density at radius 2 is 1.64 bits per heavy atom. The van der Waals surface area contributed by atoms with Crippen LogP contribution in [-0.2, 0) is 11.2 Å². The molecule has 1 N–H and O–H groups in total. The average Bonchev–Trinajstić information content (AvgIpc) is 2.67. The number of nitrogens with one attached hydrogen (secondary N) is 1. The molecule has 2 rings (SSSR count). The van der Waals surface area contributed by atoms with E-state index in [1.54, 1.807) is 63.7 Å². The summed E-state index contributed by atoms with van der Waals surface area (Å²) in [6.07, 6.45) is 0.0960. The molecule has 2 amide bonds. The van der Waals surface area contributed by atoms with Crippen LogP contribution in [0.4, 0.5) is 10.5 Å². The lowest BCUT2D eigenvalue weighted by atomic mass is 10.1. The average molecular weight is 386 g/mol. The third kappa shape index (κ3) is 5.64. The van der Waals surface area contributed by atoms with E-state index in [1.165, 1.54) is 4.90 Å². The minimum Gasteiger partial charge on any atom is -0.493 e. The van der Waals surface area contributed by atoms with Gasteiger partial charge in [-0.05, 0) is 55.8 Å². The number of esters is 1. The zero-order valence-corrected chi connectivity index (χ0v) is 16.8. The smallest absolute Gasteiger partial charge is 0.321 e. The molecule has 0 unspecified atom stereocenters. The molecule has 0 saturated heterocycles. The molecule has 0 spiro atoms. The second kappa shape index (κ2) is 9.64. The van der Waals surface area contributed by atoms with Crippen LogP contribution in [-0.4, -0.2) is 39.3 Å². The van der Waals surface area contributed by atoms with Gasteiger partial charge in [-0.25, -0.2) is 4.79 Å². The van der Waals surface area contributed by atoms with E-state index in [9.17, 15) is 9.59 Å². The molecule has 0 saturated carbocycles. The molecule has 0 aliphatic heterocycles. The van der Waals surface area contributed by atoms with Crippen LogP contribution in [0.15, 0.2) is 42.5 Å². The Kier molecular flexibility index (Phi) is 7.26. The van der Waals surface area contributed by atoms with Gasteiger partial charge in [-0.3, -0.25) is 9.69 Å². The number of carbonyl (C=O) groups excluding carboxylic acids is 2. The second-order valence-electron chi connectivity index (χ2n) is 6.50. The largest absolute Gasteiger partial charge is 0.493 e. The number of rotatable bonds is 7. The van der Waals surface area contributed by atoms with Crippen molar-refractivity contribution in [2.24, 2.45) is 0 Å². The van der Waals surface area contributed by atoms with E-state index in [2.05, 4.69) is 5.32 Å². The highest BCUT2D eigenvalue weighted by Gasteiger charge is 2.13. The first kappa shape index (κ1) is 21.1. The van der Waals surface area contributed by atoms with Gasteiger partial charge in [0.15, 0.2) is 11.5 Å². The van der Waals surface area contributed by atoms with Crippen LogP contribution in [0, 0.1) is 0 Å². The maximum absolute atomic E-state index is 12.2. The van der Waals surface area contributed by atoms with Gasteiger partial charge in [0, 0.05) is 18.8 Å². The standard InChI is InChI=1S/C21H26N2O5/c1-14(2)22-21(25)23(3)16-7-9-17(10-8-16)28-20(24)13-15-6-11-18(26-4)19(12-15)27-5/h6-12,14H,13H2,1-5H3,(H,22,25). The molecule has 0 aliphatic carbocycles. The van der Waals surface area contributed by atoms with Gasteiger partial charge in [-0.15, -0.1) is 0 Å². The molecule has 7 heteroatoms. The predicted molar refractivity (Wildman–Crippen MR) is 107 cm³/mol. The van der Waals surface area contributed by atoms with Crippen LogP contribution < -0.4 is 24.4 Å². The minimum atomic E-state index is -0.397. The van der Waals surface area contributed by atoms with Crippen LogP contribution in [0.5, 0.6) is 17.2 Å². The van der Waals surface area contributed by atoms with Crippen LogP contribution in [0.25, 0.3) is 0 Å². The summed E-state index contributed by atoms with van der Waals surface area (Å²) in [6.45, 7) is 3.79. The highest BCUT2D eigenvalue weighted by atomic mass is 16.5. The monoisotopic (exact) mass is 386 g/mol. The number of ether oxygens (including phenoxy) is 3. The summed E-state index contributed by atoms with van der Waals surface area (Å²) < 4.78 is 15.8. The van der Waals surface area contributed by atoms with Crippen molar-refractivity contribution in [2.45, 2.75) is 26.3 Å². The lowest BCUT2D eigenvalue weighted by Crippen LogP contribution is -2.40. The van der Waals surface area contributed by atoms with Crippen molar-refractivity contribution in [2.75, 3.05) is 26.2 Å². The van der Waals surface area contributed by atoms with E-state index in [-0.39, 0.29) is 18.5 Å². The lowest BCUT2D eigenvalue weighted by molar-refractivity contribution is -0.133. The first-order valence-corrected chi connectivity index (χ1v) is 8.90. The summed E-state index contributed by atoms with van der Waals surface area (Å²) >= 11 is 0. The van der Waals surface area contributed by atoms with Gasteiger partial charge in [0.2, 0.25) is 0 Å². The number of urea groups is 1. The quantitative estimate of drug-likeness (QED) is 0.583. The maximum Gasteiger partial charge on any atom is 0.321 e. The number of hydrogen-bond donors (Lipinski definition) is 1. The van der Waals surface area contributed by atoms with Crippen molar-refractivity contribution < 1.29 is 23.8 Å². The van der Waals surface area contributed by atoms with Crippen LogP contribution >= 0.6 is 0 Å². The Labute approximate surface area is 165 Å². The lowest BCUT2D eigenvalue weighted by Gasteiger charge is -2.20. The summed E-state index contributed by atoms with van der Waals surface area (Å²) in [5, 5.41) is 2.82. The minimum absolute atomic E-state index is 0.0479. The molecular weight excluding hydrogens is 360 g/mol. The van der Waals surface area contributed by atoms with Crippen molar-refractivity contribution in [3.05, 3.63) is 48.0 Å². The highest BCUT2D eigenvalue weighted by molar-refractivity contribution is 5.91. The topological polar surface area (TPSA) is 77.1 Å². The normalized spacial score (nSPS) is 10.4. The third-order valence-electron chi connectivity index (χ3n) is 3.97. The molecule has 0 radical (unpaired) electrons. The van der Waals surface area contributed by atoms with Crippen molar-refractivity contribution in [1.82, 2.24) is 5.32 Å². The van der Waals surface area contributed by atoms with Crippen LogP contribution in [0.3, 0.4) is 0 Å². The van der Waals surface area contributed by atoms with Crippen molar-refractivity contribution in [3.63, 3.8) is 0 Å². The Balaban J connectivity index is 1.98. The molecular formula is C21H26N2O5. The molecule has 0 aromatic heterocycles. The molecule has 7 nitrogen and oxygen atoms in total. The van der Waals surface area contributed by atoms with Gasteiger partial charge in [0.25, 0.3) is 0 Å². The predicted octanol–water partition coefficient (Wildman–Crippen LogP) is 3.41. The molecule has 2 aromatic carbocycles. The molecule has 0 bridgehead atoms. The summed E-state index contributed by atoms with van der Waals surface area (Å²) in [4.78, 5) is 25.7. The molecule has 150 valence electrons. The van der Waals surface area contributed by atoms with E-state index in [1.807, 2.05) is 13.8 Å². The summed E-state index contributed by atoms with van der Waals surface area (Å²) in [5.74, 6) is 1.17. The number of amides is 2. The summed E-state index contributed by atoms with van der Waals surface area (Å²) in [7, 11) is 4.77. The third-order valence-corrected chi connectivity index (χ3v) is 3.97. The number of benzene rings is 2. The zero-order valence-electron chi connectivity index (χ0n) is 16.8. The van der Waals surface area contributed by atoms with E-state index in [0.29, 0.717) is 22.9 Å². The Morgan fingerprint density at radius 3 is 2.21 bits per heavy atom. The van der Waals surface area contributed by atoms with Crippen LogP contribution in [0.2, 0.25) is 0 Å².